The molecule has 0 fully saturated rings. The Morgan fingerprint density at radius 3 is 2.86 bits per heavy atom. The Hall–Kier alpha value is -2.28. The molecule has 7 heteroatoms. The smallest absolute Gasteiger partial charge is 0.304 e. The molecule has 1 aromatic carbocycles. The van der Waals surface area contributed by atoms with Crippen molar-refractivity contribution in [2.75, 3.05) is 0 Å². The molecule has 21 heavy (non-hydrogen) atoms. The van der Waals surface area contributed by atoms with Gasteiger partial charge in [0.1, 0.15) is 0 Å². The van der Waals surface area contributed by atoms with Gasteiger partial charge >= 0.3 is 5.69 Å². The number of nitro groups is 1. The maximum atomic E-state index is 13.5. The fourth-order valence-corrected chi connectivity index (χ4v) is 2.03. The van der Waals surface area contributed by atoms with Crippen molar-refractivity contribution in [3.63, 3.8) is 0 Å². The standard InChI is InChI=1S/C14H17FN4O2/c1-2-12(16)5-11-7-17-18(9-11)8-10-3-4-14(19(20)21)13(15)6-10/h3-4,6-7,9,12H,2,5,8,16H2,1H3. The third-order valence-corrected chi connectivity index (χ3v) is 3.26. The summed E-state index contributed by atoms with van der Waals surface area (Å²) in [5, 5.41) is 14.8. The first-order chi connectivity index (χ1) is 9.99. The Morgan fingerprint density at radius 1 is 1.48 bits per heavy atom. The molecule has 1 atom stereocenters. The number of aromatic nitrogens is 2. The van der Waals surface area contributed by atoms with Crippen molar-refractivity contribution in [2.45, 2.75) is 32.4 Å². The van der Waals surface area contributed by atoms with E-state index in [9.17, 15) is 14.5 Å². The van der Waals surface area contributed by atoms with Gasteiger partial charge < -0.3 is 5.73 Å². The van der Waals surface area contributed by atoms with E-state index in [0.29, 0.717) is 12.1 Å². The van der Waals surface area contributed by atoms with Gasteiger partial charge in [0.25, 0.3) is 0 Å². The van der Waals surface area contributed by atoms with Crippen LogP contribution in [0.2, 0.25) is 0 Å². The molecule has 2 rings (SSSR count). The predicted octanol–water partition coefficient (Wildman–Crippen LogP) is 2.26. The summed E-state index contributed by atoms with van der Waals surface area (Å²) in [6.07, 6.45) is 5.22. The van der Waals surface area contributed by atoms with E-state index >= 15 is 0 Å². The first kappa shape index (κ1) is 15.1. The summed E-state index contributed by atoms with van der Waals surface area (Å²) < 4.78 is 15.2. The van der Waals surface area contributed by atoms with Crippen LogP contribution in [0, 0.1) is 15.9 Å². The van der Waals surface area contributed by atoms with E-state index < -0.39 is 16.4 Å². The Labute approximate surface area is 121 Å². The fraction of sp³-hybridized carbons (Fsp3) is 0.357. The number of hydrogen-bond acceptors (Lipinski definition) is 4. The van der Waals surface area contributed by atoms with E-state index in [1.54, 1.807) is 10.9 Å². The molecule has 0 aliphatic rings. The summed E-state index contributed by atoms with van der Waals surface area (Å²) in [6.45, 7) is 2.38. The zero-order chi connectivity index (χ0) is 15.4. The molecular formula is C14H17FN4O2. The number of halogens is 1. The molecule has 0 aliphatic heterocycles. The predicted molar refractivity (Wildman–Crippen MR) is 76.4 cm³/mol. The summed E-state index contributed by atoms with van der Waals surface area (Å²) in [4.78, 5) is 9.82. The van der Waals surface area contributed by atoms with Crippen molar-refractivity contribution in [1.82, 2.24) is 9.78 Å². The molecule has 1 unspecified atom stereocenters. The zero-order valence-corrected chi connectivity index (χ0v) is 11.7. The van der Waals surface area contributed by atoms with Crippen LogP contribution in [0.3, 0.4) is 0 Å². The minimum atomic E-state index is -0.835. The van der Waals surface area contributed by atoms with E-state index in [-0.39, 0.29) is 6.04 Å². The molecule has 6 nitrogen and oxygen atoms in total. The molecule has 0 aliphatic carbocycles. The van der Waals surface area contributed by atoms with Gasteiger partial charge in [-0.3, -0.25) is 14.8 Å². The van der Waals surface area contributed by atoms with Gasteiger partial charge in [0.2, 0.25) is 5.82 Å². The lowest BCUT2D eigenvalue weighted by Gasteiger charge is -2.05. The third-order valence-electron chi connectivity index (χ3n) is 3.26. The molecule has 0 spiro atoms. The van der Waals surface area contributed by atoms with E-state index in [1.807, 2.05) is 13.1 Å². The van der Waals surface area contributed by atoms with Crippen LogP contribution >= 0.6 is 0 Å². The van der Waals surface area contributed by atoms with Gasteiger partial charge in [-0.1, -0.05) is 13.0 Å². The molecular weight excluding hydrogens is 275 g/mol. The molecule has 112 valence electrons. The Balaban J connectivity index is 2.08. The number of benzene rings is 1. The SMILES string of the molecule is CCC(N)Cc1cnn(Cc2ccc([N+](=O)[O-])c(F)c2)c1. The highest BCUT2D eigenvalue weighted by Gasteiger charge is 2.14. The molecule has 0 saturated heterocycles. The second kappa shape index (κ2) is 6.45. The number of nitrogens with two attached hydrogens (primary N) is 1. The number of hydrogen-bond donors (Lipinski definition) is 1. The Bertz CT molecular complexity index is 642. The summed E-state index contributed by atoms with van der Waals surface area (Å²) in [6, 6.07) is 3.96. The Morgan fingerprint density at radius 2 is 2.24 bits per heavy atom. The van der Waals surface area contributed by atoms with Crippen LogP contribution in [0.25, 0.3) is 0 Å². The fourth-order valence-electron chi connectivity index (χ4n) is 2.03. The monoisotopic (exact) mass is 292 g/mol. The van der Waals surface area contributed by atoms with Gasteiger partial charge in [0, 0.05) is 18.3 Å². The topological polar surface area (TPSA) is 87.0 Å². The normalized spacial score (nSPS) is 12.3. The van der Waals surface area contributed by atoms with Crippen LogP contribution in [0.1, 0.15) is 24.5 Å². The van der Waals surface area contributed by atoms with Crippen LogP contribution in [0.4, 0.5) is 10.1 Å². The second-order valence-electron chi connectivity index (χ2n) is 4.96. The van der Waals surface area contributed by atoms with Crippen molar-refractivity contribution in [2.24, 2.45) is 5.73 Å². The summed E-state index contributed by atoms with van der Waals surface area (Å²) in [5.74, 6) is -0.835. The molecule has 1 aromatic heterocycles. The van der Waals surface area contributed by atoms with E-state index in [2.05, 4.69) is 5.10 Å². The van der Waals surface area contributed by atoms with Crippen molar-refractivity contribution >= 4 is 5.69 Å². The van der Waals surface area contributed by atoms with Crippen LogP contribution < -0.4 is 5.73 Å². The minimum Gasteiger partial charge on any atom is -0.327 e. The van der Waals surface area contributed by atoms with Crippen molar-refractivity contribution in [1.29, 1.82) is 0 Å². The van der Waals surface area contributed by atoms with Crippen LogP contribution in [-0.2, 0) is 13.0 Å². The lowest BCUT2D eigenvalue weighted by atomic mass is 10.1. The molecule has 2 N–H and O–H groups in total. The maximum absolute atomic E-state index is 13.5. The van der Waals surface area contributed by atoms with Crippen LogP contribution in [0.15, 0.2) is 30.6 Å². The average Bonchev–Trinajstić information content (AvgIpc) is 2.85. The van der Waals surface area contributed by atoms with Crippen LogP contribution in [-0.4, -0.2) is 20.7 Å². The third kappa shape index (κ3) is 3.85. The minimum absolute atomic E-state index is 0.0967. The Kier molecular flexibility index (Phi) is 4.64. The van der Waals surface area contributed by atoms with E-state index in [4.69, 9.17) is 5.73 Å². The van der Waals surface area contributed by atoms with Crippen molar-refractivity contribution in [3.05, 3.63) is 57.7 Å². The maximum Gasteiger partial charge on any atom is 0.304 e. The highest BCUT2D eigenvalue weighted by Crippen LogP contribution is 2.18. The van der Waals surface area contributed by atoms with Gasteiger partial charge in [-0.2, -0.15) is 9.49 Å². The quantitative estimate of drug-likeness (QED) is 0.653. The number of rotatable bonds is 6. The number of nitro benzene ring substituents is 1. The highest BCUT2D eigenvalue weighted by molar-refractivity contribution is 5.35. The lowest BCUT2D eigenvalue weighted by molar-refractivity contribution is -0.387. The van der Waals surface area contributed by atoms with Gasteiger partial charge in [-0.25, -0.2) is 0 Å². The van der Waals surface area contributed by atoms with Gasteiger partial charge in [0.15, 0.2) is 0 Å². The largest absolute Gasteiger partial charge is 0.327 e. The van der Waals surface area contributed by atoms with E-state index in [1.165, 1.54) is 12.1 Å². The molecule has 0 bridgehead atoms. The second-order valence-corrected chi connectivity index (χ2v) is 4.96. The number of nitrogens with zero attached hydrogens (tertiary/aromatic N) is 3. The average molecular weight is 292 g/mol. The van der Waals surface area contributed by atoms with E-state index in [0.717, 1.165) is 24.5 Å². The summed E-state index contributed by atoms with van der Waals surface area (Å²) >= 11 is 0. The molecule has 0 saturated carbocycles. The summed E-state index contributed by atoms with van der Waals surface area (Å²) in [7, 11) is 0. The van der Waals surface area contributed by atoms with Gasteiger partial charge in [0.05, 0.1) is 17.7 Å². The van der Waals surface area contributed by atoms with Gasteiger partial charge in [-0.15, -0.1) is 0 Å². The van der Waals surface area contributed by atoms with Gasteiger partial charge in [-0.05, 0) is 30.0 Å². The molecule has 1 heterocycles. The van der Waals surface area contributed by atoms with Crippen LogP contribution in [0.5, 0.6) is 0 Å². The molecule has 0 amide bonds. The zero-order valence-electron chi connectivity index (χ0n) is 11.7. The van der Waals surface area contributed by atoms with Crippen molar-refractivity contribution < 1.29 is 9.31 Å². The molecule has 0 radical (unpaired) electrons. The first-order valence-corrected chi connectivity index (χ1v) is 6.69. The summed E-state index contributed by atoms with van der Waals surface area (Å²) in [5.41, 5.74) is 7.00. The lowest BCUT2D eigenvalue weighted by Crippen LogP contribution is -2.21. The highest BCUT2D eigenvalue weighted by atomic mass is 19.1. The van der Waals surface area contributed by atoms with Crippen molar-refractivity contribution in [3.8, 4) is 0 Å². The first-order valence-electron chi connectivity index (χ1n) is 6.69. The molecule has 2 aromatic rings.